The maximum atomic E-state index is 13.7. The highest BCUT2D eigenvalue weighted by atomic mass is 35.5. The highest BCUT2D eigenvalue weighted by Crippen LogP contribution is 2.36. The molecule has 0 aliphatic heterocycles. The summed E-state index contributed by atoms with van der Waals surface area (Å²) in [7, 11) is -1.49. The fourth-order valence-electron chi connectivity index (χ4n) is 3.50. The fourth-order valence-corrected chi connectivity index (χ4v) is 5.25. The minimum atomic E-state index is -4.72. The summed E-state index contributed by atoms with van der Waals surface area (Å²) in [5.74, 6) is -1.04. The van der Waals surface area contributed by atoms with Crippen LogP contribution in [0.1, 0.15) is 21.5 Å². The van der Waals surface area contributed by atoms with Gasteiger partial charge in [0.05, 0.1) is 46.4 Å². The standard InChI is InChI=1S/C23H18ClF3N4O4S/c1-30-20-9-14(3-4-16(20)11-29-30)13-31(21-19(24)10-17(12-28-21)23(25,26)27)36(33,34)18-7-5-15(6-8-18)22(32)35-2/h3-12H,13H2,1-2H3. The van der Waals surface area contributed by atoms with Crippen LogP contribution in [0.5, 0.6) is 0 Å². The van der Waals surface area contributed by atoms with Crippen LogP contribution in [-0.2, 0) is 34.5 Å². The summed E-state index contributed by atoms with van der Waals surface area (Å²) < 4.78 is 73.9. The SMILES string of the molecule is COC(=O)c1ccc(S(=O)(=O)N(Cc2ccc3cnn(C)c3c2)c2ncc(C(F)(F)F)cc2Cl)cc1. The minimum absolute atomic E-state index is 0.121. The molecule has 0 radical (unpaired) electrons. The summed E-state index contributed by atoms with van der Waals surface area (Å²) >= 11 is 6.13. The van der Waals surface area contributed by atoms with Crippen LogP contribution in [0.4, 0.5) is 19.0 Å². The number of hydrogen-bond donors (Lipinski definition) is 0. The number of aromatic nitrogens is 3. The number of anilines is 1. The molecule has 0 fully saturated rings. The van der Waals surface area contributed by atoms with Crippen molar-refractivity contribution in [2.24, 2.45) is 7.05 Å². The number of alkyl halides is 3. The van der Waals surface area contributed by atoms with E-state index in [2.05, 4.69) is 14.8 Å². The van der Waals surface area contributed by atoms with Gasteiger partial charge in [-0.15, -0.1) is 0 Å². The van der Waals surface area contributed by atoms with Crippen LogP contribution in [0.25, 0.3) is 10.9 Å². The van der Waals surface area contributed by atoms with Crippen molar-refractivity contribution in [3.05, 3.63) is 82.6 Å². The van der Waals surface area contributed by atoms with E-state index in [1.54, 1.807) is 36.1 Å². The van der Waals surface area contributed by atoms with Crippen molar-refractivity contribution in [1.82, 2.24) is 14.8 Å². The van der Waals surface area contributed by atoms with Crippen molar-refractivity contribution in [2.75, 3.05) is 11.4 Å². The van der Waals surface area contributed by atoms with Gasteiger partial charge in [0.1, 0.15) is 0 Å². The summed E-state index contributed by atoms with van der Waals surface area (Å²) in [5, 5.41) is 4.47. The summed E-state index contributed by atoms with van der Waals surface area (Å²) in [6.07, 6.45) is -2.55. The Morgan fingerprint density at radius 3 is 2.42 bits per heavy atom. The lowest BCUT2D eigenvalue weighted by molar-refractivity contribution is -0.137. The average Bonchev–Trinajstić information content (AvgIpc) is 3.21. The van der Waals surface area contributed by atoms with Gasteiger partial charge in [-0.1, -0.05) is 23.7 Å². The molecule has 13 heteroatoms. The number of nitrogens with zero attached hydrogens (tertiary/aromatic N) is 4. The highest BCUT2D eigenvalue weighted by Gasteiger charge is 2.34. The second-order valence-electron chi connectivity index (χ2n) is 7.72. The van der Waals surface area contributed by atoms with Gasteiger partial charge in [0.25, 0.3) is 10.0 Å². The molecule has 0 saturated heterocycles. The number of pyridine rings is 1. The van der Waals surface area contributed by atoms with Crippen LogP contribution in [0.3, 0.4) is 0 Å². The third-order valence-electron chi connectivity index (χ3n) is 5.39. The van der Waals surface area contributed by atoms with Crippen LogP contribution >= 0.6 is 11.6 Å². The summed E-state index contributed by atoms with van der Waals surface area (Å²) in [4.78, 5) is 15.3. The monoisotopic (exact) mass is 538 g/mol. The van der Waals surface area contributed by atoms with Gasteiger partial charge < -0.3 is 4.74 Å². The number of fused-ring (bicyclic) bond motifs is 1. The van der Waals surface area contributed by atoms with Gasteiger partial charge in [0, 0.05) is 18.6 Å². The Labute approximate surface area is 208 Å². The topological polar surface area (TPSA) is 94.4 Å². The molecule has 0 bridgehead atoms. The van der Waals surface area contributed by atoms with Crippen LogP contribution < -0.4 is 4.31 Å². The first-order valence-corrected chi connectivity index (χ1v) is 12.1. The molecular weight excluding hydrogens is 521 g/mol. The zero-order chi connectivity index (χ0) is 26.3. The lowest BCUT2D eigenvalue weighted by atomic mass is 10.1. The molecule has 0 N–H and O–H groups in total. The number of aryl methyl sites for hydroxylation is 1. The van der Waals surface area contributed by atoms with Crippen molar-refractivity contribution >= 4 is 44.3 Å². The zero-order valence-corrected chi connectivity index (χ0v) is 20.4. The van der Waals surface area contributed by atoms with E-state index in [0.717, 1.165) is 15.2 Å². The van der Waals surface area contributed by atoms with Crippen LogP contribution in [-0.4, -0.2) is 36.3 Å². The van der Waals surface area contributed by atoms with Crippen molar-refractivity contribution < 1.29 is 31.1 Å². The van der Waals surface area contributed by atoms with E-state index in [4.69, 9.17) is 11.6 Å². The molecule has 0 unspecified atom stereocenters. The van der Waals surface area contributed by atoms with Gasteiger partial charge in [0.2, 0.25) is 0 Å². The molecule has 2 heterocycles. The molecule has 8 nitrogen and oxygen atoms in total. The average molecular weight is 539 g/mol. The number of rotatable bonds is 6. The predicted molar refractivity (Wildman–Crippen MR) is 126 cm³/mol. The zero-order valence-electron chi connectivity index (χ0n) is 18.8. The van der Waals surface area contributed by atoms with Gasteiger partial charge >= 0.3 is 12.1 Å². The van der Waals surface area contributed by atoms with Crippen molar-refractivity contribution in [3.63, 3.8) is 0 Å². The second-order valence-corrected chi connectivity index (χ2v) is 9.99. The Balaban J connectivity index is 1.82. The van der Waals surface area contributed by atoms with Gasteiger partial charge in [-0.2, -0.15) is 18.3 Å². The van der Waals surface area contributed by atoms with E-state index in [9.17, 15) is 26.4 Å². The van der Waals surface area contributed by atoms with E-state index in [1.807, 2.05) is 0 Å². The van der Waals surface area contributed by atoms with Crippen molar-refractivity contribution in [1.29, 1.82) is 0 Å². The Morgan fingerprint density at radius 1 is 1.11 bits per heavy atom. The second kappa shape index (κ2) is 9.43. The van der Waals surface area contributed by atoms with E-state index in [1.165, 1.54) is 31.4 Å². The molecule has 0 aliphatic carbocycles. The summed E-state index contributed by atoms with van der Waals surface area (Å²) in [6, 6.07) is 10.7. The molecule has 188 valence electrons. The minimum Gasteiger partial charge on any atom is -0.465 e. The maximum absolute atomic E-state index is 13.7. The fraction of sp³-hybridized carbons (Fsp3) is 0.174. The Kier molecular flexibility index (Phi) is 6.67. The molecule has 0 atom stereocenters. The third-order valence-corrected chi connectivity index (χ3v) is 7.42. The largest absolute Gasteiger partial charge is 0.465 e. The van der Waals surface area contributed by atoms with E-state index >= 15 is 0 Å². The van der Waals surface area contributed by atoms with Crippen LogP contribution in [0.2, 0.25) is 5.02 Å². The molecule has 0 spiro atoms. The molecule has 4 aromatic rings. The smallest absolute Gasteiger partial charge is 0.417 e. The number of halogens is 4. The molecular formula is C23H18ClF3N4O4S. The van der Waals surface area contributed by atoms with Gasteiger partial charge in [0.15, 0.2) is 5.82 Å². The number of esters is 1. The lowest BCUT2D eigenvalue weighted by Crippen LogP contribution is -2.32. The first kappa shape index (κ1) is 25.5. The molecule has 2 aromatic carbocycles. The predicted octanol–water partition coefficient (Wildman–Crippen LogP) is 4.82. The van der Waals surface area contributed by atoms with Crippen molar-refractivity contribution in [2.45, 2.75) is 17.6 Å². The number of carbonyl (C=O) groups is 1. The number of sulfonamides is 1. The van der Waals surface area contributed by atoms with E-state index in [0.29, 0.717) is 17.8 Å². The Morgan fingerprint density at radius 2 is 1.81 bits per heavy atom. The third kappa shape index (κ3) is 4.86. The van der Waals surface area contributed by atoms with Crippen LogP contribution in [0, 0.1) is 0 Å². The molecule has 0 amide bonds. The molecule has 0 saturated carbocycles. The highest BCUT2D eigenvalue weighted by molar-refractivity contribution is 7.92. The maximum Gasteiger partial charge on any atom is 0.417 e. The van der Waals surface area contributed by atoms with Crippen LogP contribution in [0.15, 0.2) is 65.8 Å². The first-order chi connectivity index (χ1) is 16.9. The number of benzene rings is 2. The van der Waals surface area contributed by atoms with Gasteiger partial charge in [-0.3, -0.25) is 4.68 Å². The molecule has 4 rings (SSSR count). The first-order valence-electron chi connectivity index (χ1n) is 10.3. The summed E-state index contributed by atoms with van der Waals surface area (Å²) in [5.41, 5.74) is 0.236. The summed E-state index contributed by atoms with van der Waals surface area (Å²) in [6.45, 7) is -0.291. The molecule has 0 aliphatic rings. The Bertz CT molecular complexity index is 1550. The molecule has 2 aromatic heterocycles. The number of ether oxygens (including phenoxy) is 1. The number of methoxy groups -OCH3 is 1. The van der Waals surface area contributed by atoms with Crippen molar-refractivity contribution in [3.8, 4) is 0 Å². The molecule has 36 heavy (non-hydrogen) atoms. The van der Waals surface area contributed by atoms with E-state index < -0.39 is 32.8 Å². The van der Waals surface area contributed by atoms with Gasteiger partial charge in [-0.05, 0) is 42.0 Å². The van der Waals surface area contributed by atoms with E-state index in [-0.39, 0.29) is 22.8 Å². The quantitative estimate of drug-likeness (QED) is 0.327. The lowest BCUT2D eigenvalue weighted by Gasteiger charge is -2.25. The Hall–Kier alpha value is -3.64. The normalized spacial score (nSPS) is 12.1. The number of carbonyl (C=O) groups excluding carboxylic acids is 1. The number of hydrogen-bond acceptors (Lipinski definition) is 6. The van der Waals surface area contributed by atoms with Gasteiger partial charge in [-0.25, -0.2) is 22.5 Å².